The zero-order valence-corrected chi connectivity index (χ0v) is 13.7. The first-order valence-electron chi connectivity index (χ1n) is 7.61. The Morgan fingerprint density at radius 2 is 2.17 bits per heavy atom. The maximum absolute atomic E-state index is 12.9. The monoisotopic (exact) mass is 314 g/mol. The number of anilines is 1. The van der Waals surface area contributed by atoms with Crippen molar-refractivity contribution in [3.05, 3.63) is 42.2 Å². The van der Waals surface area contributed by atoms with E-state index in [1.54, 1.807) is 23.6 Å². The second-order valence-electron chi connectivity index (χ2n) is 6.23. The van der Waals surface area contributed by atoms with Crippen molar-refractivity contribution in [2.75, 3.05) is 32.1 Å². The van der Waals surface area contributed by atoms with Crippen LogP contribution in [0, 0.1) is 0 Å². The Hall–Kier alpha value is -2.41. The summed E-state index contributed by atoms with van der Waals surface area (Å²) in [6.07, 6.45) is 7.04. The molecule has 0 aliphatic carbocycles. The average molecular weight is 314 g/mol. The molecule has 0 unspecified atom stereocenters. The second kappa shape index (κ2) is 6.00. The summed E-state index contributed by atoms with van der Waals surface area (Å²) in [4.78, 5) is 25.1. The van der Waals surface area contributed by atoms with Gasteiger partial charge in [-0.1, -0.05) is 0 Å². The Bertz CT molecular complexity index is 710. The number of hydrogen-bond donors (Lipinski definition) is 1. The zero-order chi connectivity index (χ0) is 16.6. The Labute approximate surface area is 135 Å². The Morgan fingerprint density at radius 3 is 2.83 bits per heavy atom. The van der Waals surface area contributed by atoms with Gasteiger partial charge in [-0.2, -0.15) is 0 Å². The van der Waals surface area contributed by atoms with E-state index in [0.29, 0.717) is 18.7 Å². The van der Waals surface area contributed by atoms with E-state index in [4.69, 9.17) is 5.73 Å². The van der Waals surface area contributed by atoms with Gasteiger partial charge in [0.05, 0.1) is 23.3 Å². The molecule has 1 aliphatic heterocycles. The molecule has 2 aromatic heterocycles. The summed E-state index contributed by atoms with van der Waals surface area (Å²) in [6.45, 7) is 1.11. The second-order valence-corrected chi connectivity index (χ2v) is 6.23. The molecule has 0 bridgehead atoms. The first-order chi connectivity index (χ1) is 11.0. The summed E-state index contributed by atoms with van der Waals surface area (Å²) in [6, 6.07) is 1.74. The van der Waals surface area contributed by atoms with Crippen LogP contribution in [-0.4, -0.2) is 58.6 Å². The molecular weight excluding hydrogens is 292 g/mol. The molecule has 2 aromatic rings. The molecular formula is C16H22N6O. The van der Waals surface area contributed by atoms with Crippen molar-refractivity contribution >= 4 is 11.6 Å². The fraction of sp³-hybridized carbons (Fsp3) is 0.438. The Morgan fingerprint density at radius 1 is 1.39 bits per heavy atom. The van der Waals surface area contributed by atoms with Crippen LogP contribution < -0.4 is 10.6 Å². The third-order valence-electron chi connectivity index (χ3n) is 4.27. The van der Waals surface area contributed by atoms with E-state index in [1.165, 1.54) is 0 Å². The molecule has 0 radical (unpaired) electrons. The van der Waals surface area contributed by atoms with Crippen molar-refractivity contribution in [1.82, 2.24) is 19.4 Å². The molecule has 23 heavy (non-hydrogen) atoms. The van der Waals surface area contributed by atoms with Crippen molar-refractivity contribution in [2.45, 2.75) is 12.0 Å². The van der Waals surface area contributed by atoms with Crippen molar-refractivity contribution < 1.29 is 4.79 Å². The van der Waals surface area contributed by atoms with E-state index < -0.39 is 0 Å². The molecule has 0 saturated carbocycles. The topological polar surface area (TPSA) is 80.3 Å². The van der Waals surface area contributed by atoms with Crippen LogP contribution in [0.25, 0.3) is 0 Å². The van der Waals surface area contributed by atoms with Crippen LogP contribution in [0.2, 0.25) is 0 Å². The fourth-order valence-corrected chi connectivity index (χ4v) is 3.04. The summed E-state index contributed by atoms with van der Waals surface area (Å²) >= 11 is 0. The summed E-state index contributed by atoms with van der Waals surface area (Å²) in [5.74, 6) is 0.0373. The van der Waals surface area contributed by atoms with Crippen LogP contribution in [0.15, 0.2) is 31.0 Å². The molecule has 3 heterocycles. The first kappa shape index (κ1) is 15.5. The van der Waals surface area contributed by atoms with Gasteiger partial charge in [-0.05, 0) is 6.07 Å². The summed E-state index contributed by atoms with van der Waals surface area (Å²) in [5, 5.41) is 0. The van der Waals surface area contributed by atoms with Gasteiger partial charge in [-0.15, -0.1) is 0 Å². The SMILES string of the molecule is CN(C)c1ccncc1C(=O)N1C[C@@H](N)[C@H](c2cn(C)cn2)C1. The highest BCUT2D eigenvalue weighted by Crippen LogP contribution is 2.28. The van der Waals surface area contributed by atoms with Gasteiger partial charge in [-0.25, -0.2) is 4.98 Å². The van der Waals surface area contributed by atoms with Gasteiger partial charge in [0.1, 0.15) is 0 Å². The minimum Gasteiger partial charge on any atom is -0.377 e. The van der Waals surface area contributed by atoms with E-state index in [-0.39, 0.29) is 17.9 Å². The zero-order valence-electron chi connectivity index (χ0n) is 13.7. The lowest BCUT2D eigenvalue weighted by Gasteiger charge is -2.21. The van der Waals surface area contributed by atoms with Gasteiger partial charge in [0.25, 0.3) is 5.91 Å². The Kier molecular flexibility index (Phi) is 4.04. The number of amides is 1. The molecule has 0 aromatic carbocycles. The molecule has 1 fully saturated rings. The number of likely N-dealkylation sites (tertiary alicyclic amines) is 1. The molecule has 7 heteroatoms. The van der Waals surface area contributed by atoms with Crippen molar-refractivity contribution in [3.63, 3.8) is 0 Å². The van der Waals surface area contributed by atoms with Crippen LogP contribution in [-0.2, 0) is 7.05 Å². The average Bonchev–Trinajstić information content (AvgIpc) is 3.12. The van der Waals surface area contributed by atoms with E-state index in [1.807, 2.05) is 42.9 Å². The molecule has 1 saturated heterocycles. The standard InChI is InChI=1S/C16H22N6O/c1-20(2)15-4-5-18-6-11(15)16(23)22-7-12(13(17)8-22)14-9-21(3)10-19-14/h4-6,9-10,12-13H,7-8,17H2,1-3H3/t12-,13-/m1/s1. The summed E-state index contributed by atoms with van der Waals surface area (Å²) in [5.41, 5.74) is 8.66. The lowest BCUT2D eigenvalue weighted by Crippen LogP contribution is -2.33. The molecule has 1 amide bonds. The van der Waals surface area contributed by atoms with E-state index in [2.05, 4.69) is 9.97 Å². The molecule has 0 spiro atoms. The summed E-state index contributed by atoms with van der Waals surface area (Å²) < 4.78 is 1.90. The third kappa shape index (κ3) is 2.92. The number of carbonyl (C=O) groups excluding carboxylic acids is 1. The van der Waals surface area contributed by atoms with Gasteiger partial charge in [0.2, 0.25) is 0 Å². The summed E-state index contributed by atoms with van der Waals surface area (Å²) in [7, 11) is 5.76. The highest BCUT2D eigenvalue weighted by molar-refractivity contribution is 5.99. The van der Waals surface area contributed by atoms with Crippen LogP contribution in [0.4, 0.5) is 5.69 Å². The number of pyridine rings is 1. The quantitative estimate of drug-likeness (QED) is 0.889. The molecule has 1 aliphatic rings. The van der Waals surface area contributed by atoms with E-state index in [0.717, 1.165) is 11.4 Å². The molecule has 7 nitrogen and oxygen atoms in total. The van der Waals surface area contributed by atoms with Crippen LogP contribution in [0.1, 0.15) is 22.0 Å². The third-order valence-corrected chi connectivity index (χ3v) is 4.27. The number of nitrogens with zero attached hydrogens (tertiary/aromatic N) is 5. The van der Waals surface area contributed by atoms with E-state index in [9.17, 15) is 4.79 Å². The minimum atomic E-state index is -0.103. The Balaban J connectivity index is 1.82. The largest absolute Gasteiger partial charge is 0.377 e. The number of carbonyl (C=O) groups is 1. The van der Waals surface area contributed by atoms with Gasteiger partial charge < -0.3 is 20.1 Å². The number of aryl methyl sites for hydroxylation is 1. The number of aromatic nitrogens is 3. The van der Waals surface area contributed by atoms with Gasteiger partial charge in [0.15, 0.2) is 0 Å². The van der Waals surface area contributed by atoms with Gasteiger partial charge in [0, 0.05) is 64.8 Å². The van der Waals surface area contributed by atoms with Crippen LogP contribution in [0.5, 0.6) is 0 Å². The highest BCUT2D eigenvalue weighted by Gasteiger charge is 2.36. The maximum Gasteiger partial charge on any atom is 0.257 e. The molecule has 122 valence electrons. The number of hydrogen-bond acceptors (Lipinski definition) is 5. The van der Waals surface area contributed by atoms with Crippen molar-refractivity contribution in [1.29, 1.82) is 0 Å². The lowest BCUT2D eigenvalue weighted by molar-refractivity contribution is 0.0789. The minimum absolute atomic E-state index is 0.0318. The maximum atomic E-state index is 12.9. The van der Waals surface area contributed by atoms with Gasteiger partial charge in [-0.3, -0.25) is 9.78 Å². The number of imidazole rings is 1. The van der Waals surface area contributed by atoms with Crippen LogP contribution in [0.3, 0.4) is 0 Å². The number of rotatable bonds is 3. The molecule has 2 N–H and O–H groups in total. The van der Waals surface area contributed by atoms with Crippen molar-refractivity contribution in [3.8, 4) is 0 Å². The smallest absolute Gasteiger partial charge is 0.257 e. The normalized spacial score (nSPS) is 20.8. The van der Waals surface area contributed by atoms with Crippen LogP contribution >= 0.6 is 0 Å². The lowest BCUT2D eigenvalue weighted by atomic mass is 10.0. The highest BCUT2D eigenvalue weighted by atomic mass is 16.2. The molecule has 2 atom stereocenters. The fourth-order valence-electron chi connectivity index (χ4n) is 3.04. The van der Waals surface area contributed by atoms with E-state index >= 15 is 0 Å². The first-order valence-corrected chi connectivity index (χ1v) is 7.61. The predicted octanol–water partition coefficient (Wildman–Crippen LogP) is 0.448. The van der Waals surface area contributed by atoms with Gasteiger partial charge >= 0.3 is 0 Å². The predicted molar refractivity (Wildman–Crippen MR) is 88.4 cm³/mol. The number of nitrogens with two attached hydrogens (primary N) is 1. The molecule has 3 rings (SSSR count). The van der Waals surface area contributed by atoms with Crippen molar-refractivity contribution in [2.24, 2.45) is 12.8 Å².